The molecule has 1 N–H and O–H groups in total. The second-order valence-electron chi connectivity index (χ2n) is 7.02. The first-order valence-corrected chi connectivity index (χ1v) is 9.85. The van der Waals surface area contributed by atoms with Crippen molar-refractivity contribution in [1.82, 2.24) is 10.2 Å². The standard InChI is InChI=1S/C21H23ClN4O2/c1-15(20-23-24-21(28-20)16-5-3-6-17(22)13-16)25-9-11-26(12-10-25)18-7-4-8-19(14-18)27-2/h3-8,13-15H,9-12H2,1-2H3/p+1/t15-/m0/s1. The molecule has 1 atom stereocenters. The van der Waals surface area contributed by atoms with Gasteiger partial charge in [-0.3, -0.25) is 0 Å². The summed E-state index contributed by atoms with van der Waals surface area (Å²) >= 11 is 6.06. The number of ether oxygens (including phenoxy) is 1. The Labute approximate surface area is 169 Å². The van der Waals surface area contributed by atoms with Crippen molar-refractivity contribution < 1.29 is 14.1 Å². The van der Waals surface area contributed by atoms with Crippen molar-refractivity contribution in [3.05, 3.63) is 59.4 Å². The first-order valence-electron chi connectivity index (χ1n) is 9.47. The second-order valence-corrected chi connectivity index (χ2v) is 7.46. The van der Waals surface area contributed by atoms with Gasteiger partial charge in [0.05, 0.1) is 33.3 Å². The lowest BCUT2D eigenvalue weighted by atomic mass is 10.2. The van der Waals surface area contributed by atoms with E-state index in [2.05, 4.69) is 34.2 Å². The summed E-state index contributed by atoms with van der Waals surface area (Å²) in [4.78, 5) is 3.84. The molecule has 3 aromatic rings. The molecule has 4 rings (SSSR count). The molecular weight excluding hydrogens is 376 g/mol. The minimum absolute atomic E-state index is 0.146. The zero-order valence-corrected chi connectivity index (χ0v) is 16.8. The van der Waals surface area contributed by atoms with E-state index in [1.54, 1.807) is 7.11 Å². The maximum Gasteiger partial charge on any atom is 0.274 e. The van der Waals surface area contributed by atoms with Crippen LogP contribution in [0, 0.1) is 0 Å². The molecule has 6 nitrogen and oxygen atoms in total. The molecule has 1 fully saturated rings. The minimum Gasteiger partial charge on any atom is -0.497 e. The summed E-state index contributed by atoms with van der Waals surface area (Å²) in [5.41, 5.74) is 2.04. The summed E-state index contributed by atoms with van der Waals surface area (Å²) in [5, 5.41) is 9.16. The number of halogens is 1. The molecule has 146 valence electrons. The number of piperazine rings is 1. The highest BCUT2D eigenvalue weighted by Crippen LogP contribution is 2.23. The van der Waals surface area contributed by atoms with Crippen molar-refractivity contribution in [1.29, 1.82) is 0 Å². The van der Waals surface area contributed by atoms with Gasteiger partial charge in [-0.05, 0) is 37.3 Å². The normalized spacial score (nSPS) is 16.2. The van der Waals surface area contributed by atoms with Crippen LogP contribution < -0.4 is 14.5 Å². The van der Waals surface area contributed by atoms with Crippen LogP contribution in [-0.2, 0) is 0 Å². The number of aromatic nitrogens is 2. The smallest absolute Gasteiger partial charge is 0.274 e. The summed E-state index contributed by atoms with van der Waals surface area (Å²) < 4.78 is 11.3. The SMILES string of the molecule is COc1cccc(N2CC[NH+]([C@@H](C)c3nnc(-c4cccc(Cl)c4)o3)CC2)c1. The number of nitrogens with zero attached hydrogens (tertiary/aromatic N) is 3. The van der Waals surface area contributed by atoms with Crippen molar-refractivity contribution in [3.63, 3.8) is 0 Å². The van der Waals surface area contributed by atoms with Crippen molar-refractivity contribution in [2.75, 3.05) is 38.2 Å². The van der Waals surface area contributed by atoms with E-state index in [4.69, 9.17) is 20.8 Å². The lowest BCUT2D eigenvalue weighted by molar-refractivity contribution is -0.931. The van der Waals surface area contributed by atoms with E-state index in [0.29, 0.717) is 16.8 Å². The number of hydrogen-bond acceptors (Lipinski definition) is 5. The lowest BCUT2D eigenvalue weighted by Gasteiger charge is -2.35. The second kappa shape index (κ2) is 8.20. The van der Waals surface area contributed by atoms with E-state index in [-0.39, 0.29) is 6.04 Å². The van der Waals surface area contributed by atoms with Gasteiger partial charge in [0.1, 0.15) is 5.75 Å². The summed E-state index contributed by atoms with van der Waals surface area (Å²) in [5.74, 6) is 2.07. The predicted molar refractivity (Wildman–Crippen MR) is 109 cm³/mol. The van der Waals surface area contributed by atoms with Gasteiger partial charge in [-0.25, -0.2) is 0 Å². The van der Waals surface area contributed by atoms with Crippen LogP contribution in [0.25, 0.3) is 11.5 Å². The quantitative estimate of drug-likeness (QED) is 0.715. The number of rotatable bonds is 5. The molecular formula is C21H24ClN4O2+. The topological polar surface area (TPSA) is 55.8 Å². The first-order chi connectivity index (χ1) is 13.6. The average molecular weight is 400 g/mol. The van der Waals surface area contributed by atoms with E-state index in [9.17, 15) is 0 Å². The highest BCUT2D eigenvalue weighted by molar-refractivity contribution is 6.30. The summed E-state index contributed by atoms with van der Waals surface area (Å²) in [6.45, 7) is 6.11. The molecule has 0 unspecified atom stereocenters. The zero-order valence-electron chi connectivity index (χ0n) is 16.1. The Bertz CT molecular complexity index is 937. The van der Waals surface area contributed by atoms with Gasteiger partial charge in [0.25, 0.3) is 5.89 Å². The first kappa shape index (κ1) is 18.8. The molecule has 0 aliphatic carbocycles. The van der Waals surface area contributed by atoms with E-state index in [1.807, 2.05) is 36.4 Å². The Morgan fingerprint density at radius 1 is 1.11 bits per heavy atom. The van der Waals surface area contributed by atoms with Gasteiger partial charge in [0, 0.05) is 22.3 Å². The van der Waals surface area contributed by atoms with Crippen molar-refractivity contribution in [2.45, 2.75) is 13.0 Å². The van der Waals surface area contributed by atoms with Crippen LogP contribution in [0.1, 0.15) is 18.9 Å². The molecule has 7 heteroatoms. The van der Waals surface area contributed by atoms with Crippen LogP contribution in [0.4, 0.5) is 5.69 Å². The number of methoxy groups -OCH3 is 1. The third-order valence-corrected chi connectivity index (χ3v) is 5.55. The summed E-state index contributed by atoms with van der Waals surface area (Å²) in [7, 11) is 1.70. The molecule has 0 spiro atoms. The average Bonchev–Trinajstić information content (AvgIpc) is 3.24. The van der Waals surface area contributed by atoms with Crippen LogP contribution in [0.5, 0.6) is 5.75 Å². The molecule has 1 saturated heterocycles. The van der Waals surface area contributed by atoms with E-state index < -0.39 is 0 Å². The van der Waals surface area contributed by atoms with E-state index in [1.165, 1.54) is 10.6 Å². The van der Waals surface area contributed by atoms with Gasteiger partial charge < -0.3 is 19.0 Å². The third-order valence-electron chi connectivity index (χ3n) is 5.32. The zero-order chi connectivity index (χ0) is 19.5. The molecule has 0 saturated carbocycles. The fourth-order valence-electron chi connectivity index (χ4n) is 3.61. The molecule has 1 aromatic heterocycles. The van der Waals surface area contributed by atoms with Crippen LogP contribution >= 0.6 is 11.6 Å². The minimum atomic E-state index is 0.146. The Balaban J connectivity index is 1.41. The summed E-state index contributed by atoms with van der Waals surface area (Å²) in [6.07, 6.45) is 0. The van der Waals surface area contributed by atoms with Crippen LogP contribution in [0.3, 0.4) is 0 Å². The van der Waals surface area contributed by atoms with Gasteiger partial charge in [0.2, 0.25) is 5.89 Å². The number of quaternary nitrogens is 1. The largest absolute Gasteiger partial charge is 0.497 e. The number of benzene rings is 2. The van der Waals surface area contributed by atoms with Crippen LogP contribution in [0.2, 0.25) is 5.02 Å². The fourth-order valence-corrected chi connectivity index (χ4v) is 3.80. The Hall–Kier alpha value is -2.57. The number of nitrogens with one attached hydrogen (secondary N) is 1. The van der Waals surface area contributed by atoms with Crippen molar-refractivity contribution >= 4 is 17.3 Å². The van der Waals surface area contributed by atoms with Gasteiger partial charge in [-0.2, -0.15) is 0 Å². The molecule has 1 aliphatic rings. The van der Waals surface area contributed by atoms with E-state index in [0.717, 1.165) is 37.5 Å². The highest BCUT2D eigenvalue weighted by Gasteiger charge is 2.29. The molecule has 0 radical (unpaired) electrons. The highest BCUT2D eigenvalue weighted by atomic mass is 35.5. The molecule has 1 aliphatic heterocycles. The fraction of sp³-hybridized carbons (Fsp3) is 0.333. The van der Waals surface area contributed by atoms with Gasteiger partial charge in [0.15, 0.2) is 6.04 Å². The number of anilines is 1. The maximum atomic E-state index is 6.06. The third kappa shape index (κ3) is 3.98. The van der Waals surface area contributed by atoms with E-state index >= 15 is 0 Å². The molecule has 28 heavy (non-hydrogen) atoms. The molecule has 0 amide bonds. The summed E-state index contributed by atoms with van der Waals surface area (Å²) in [6, 6.07) is 15.8. The Morgan fingerprint density at radius 3 is 2.64 bits per heavy atom. The monoisotopic (exact) mass is 399 g/mol. The molecule has 2 aromatic carbocycles. The Kier molecular flexibility index (Phi) is 5.50. The predicted octanol–water partition coefficient (Wildman–Crippen LogP) is 2.86. The van der Waals surface area contributed by atoms with Gasteiger partial charge >= 0.3 is 0 Å². The van der Waals surface area contributed by atoms with Crippen LogP contribution in [0.15, 0.2) is 52.9 Å². The van der Waals surface area contributed by atoms with Crippen molar-refractivity contribution in [3.8, 4) is 17.2 Å². The molecule has 2 heterocycles. The lowest BCUT2D eigenvalue weighted by Crippen LogP contribution is -3.14. The van der Waals surface area contributed by atoms with Crippen LogP contribution in [-0.4, -0.2) is 43.5 Å². The van der Waals surface area contributed by atoms with Gasteiger partial charge in [-0.1, -0.05) is 23.7 Å². The maximum absolute atomic E-state index is 6.06. The number of hydrogen-bond donors (Lipinski definition) is 1. The van der Waals surface area contributed by atoms with Crippen molar-refractivity contribution in [2.24, 2.45) is 0 Å². The van der Waals surface area contributed by atoms with Gasteiger partial charge in [-0.15, -0.1) is 10.2 Å². The molecule has 0 bridgehead atoms. The Morgan fingerprint density at radius 2 is 1.89 bits per heavy atom.